The molecule has 198 valence electrons. The Kier molecular flexibility index (Phi) is 7.90. The second-order valence-corrected chi connectivity index (χ2v) is 10.3. The molecule has 7 N–H and O–H groups in total. The van der Waals surface area contributed by atoms with Crippen LogP contribution in [0.15, 0.2) is 18.2 Å². The van der Waals surface area contributed by atoms with Crippen LogP contribution in [0.5, 0.6) is 0 Å². The van der Waals surface area contributed by atoms with E-state index < -0.39 is 60.3 Å². The standard InChI is InChI=1S/C25H41N3O7/c1-13-6-7-16(10-14(13)2)8-9-28-12-24(31)11-15(3)33-23-25(24,32)35-21-18(27-5)19(29)17(26-4)20(30)22(21)34-23/h6-7,10,15,17-23,26-32H,8-9,11-12H2,1-5H3/t15-,17-,18+,19+,20+,21-,22-,23+,24-,25-/m1/s1. The number of likely N-dealkylation sites (N-methyl/N-ethyl adjacent to an activating group) is 2. The van der Waals surface area contributed by atoms with Crippen LogP contribution in [-0.4, -0.2) is 108 Å². The number of hydrogen-bond acceptors (Lipinski definition) is 10. The molecule has 1 saturated carbocycles. The molecule has 0 unspecified atom stereocenters. The summed E-state index contributed by atoms with van der Waals surface area (Å²) in [4.78, 5) is 0. The summed E-state index contributed by atoms with van der Waals surface area (Å²) in [6.45, 7) is 6.60. The molecule has 1 aromatic rings. The molecule has 0 spiro atoms. The van der Waals surface area contributed by atoms with Gasteiger partial charge in [0, 0.05) is 13.0 Å². The van der Waals surface area contributed by atoms with Crippen LogP contribution in [0.2, 0.25) is 0 Å². The molecule has 0 radical (unpaired) electrons. The van der Waals surface area contributed by atoms with Crippen molar-refractivity contribution >= 4 is 0 Å². The first-order valence-electron chi connectivity index (χ1n) is 12.5. The van der Waals surface area contributed by atoms with Crippen LogP contribution in [0.3, 0.4) is 0 Å². The van der Waals surface area contributed by atoms with E-state index in [1.807, 2.05) is 0 Å². The van der Waals surface area contributed by atoms with Crippen LogP contribution in [0.25, 0.3) is 0 Å². The van der Waals surface area contributed by atoms with Gasteiger partial charge in [-0.05, 0) is 64.5 Å². The summed E-state index contributed by atoms with van der Waals surface area (Å²) < 4.78 is 18.0. The first-order valence-corrected chi connectivity index (χ1v) is 12.5. The number of aliphatic hydroxyl groups excluding tert-OH is 2. The third kappa shape index (κ3) is 4.77. The topological polar surface area (TPSA) is 145 Å². The maximum Gasteiger partial charge on any atom is 0.249 e. The lowest BCUT2D eigenvalue weighted by atomic mass is 9.77. The van der Waals surface area contributed by atoms with Crippen molar-refractivity contribution < 1.29 is 34.6 Å². The fourth-order valence-electron chi connectivity index (χ4n) is 5.72. The number of benzene rings is 1. The van der Waals surface area contributed by atoms with E-state index in [1.54, 1.807) is 21.0 Å². The molecular formula is C25H41N3O7. The fraction of sp³-hybridized carbons (Fsp3) is 0.760. The molecule has 10 nitrogen and oxygen atoms in total. The molecule has 35 heavy (non-hydrogen) atoms. The van der Waals surface area contributed by atoms with Gasteiger partial charge in [-0.3, -0.25) is 0 Å². The van der Waals surface area contributed by atoms with Crippen molar-refractivity contribution in [3.05, 3.63) is 34.9 Å². The van der Waals surface area contributed by atoms with Gasteiger partial charge in [0.15, 0.2) is 0 Å². The zero-order valence-corrected chi connectivity index (χ0v) is 21.2. The summed E-state index contributed by atoms with van der Waals surface area (Å²) >= 11 is 0. The minimum Gasteiger partial charge on any atom is -0.390 e. The maximum absolute atomic E-state index is 11.7. The quantitative estimate of drug-likeness (QED) is 0.228. The van der Waals surface area contributed by atoms with Crippen molar-refractivity contribution in [2.75, 3.05) is 27.2 Å². The maximum atomic E-state index is 11.7. The van der Waals surface area contributed by atoms with Gasteiger partial charge in [-0.2, -0.15) is 0 Å². The van der Waals surface area contributed by atoms with E-state index >= 15 is 0 Å². The molecule has 0 aromatic heterocycles. The third-order valence-electron chi connectivity index (χ3n) is 7.93. The van der Waals surface area contributed by atoms with Gasteiger partial charge in [0.25, 0.3) is 0 Å². The van der Waals surface area contributed by atoms with Crippen LogP contribution in [0, 0.1) is 13.8 Å². The van der Waals surface area contributed by atoms with Crippen LogP contribution in [0.4, 0.5) is 0 Å². The second-order valence-electron chi connectivity index (χ2n) is 10.3. The highest BCUT2D eigenvalue weighted by Crippen LogP contribution is 2.46. The lowest BCUT2D eigenvalue weighted by molar-refractivity contribution is -0.482. The Morgan fingerprint density at radius 1 is 0.971 bits per heavy atom. The summed E-state index contributed by atoms with van der Waals surface area (Å²) in [5.74, 6) is -2.20. The van der Waals surface area contributed by atoms with Crippen LogP contribution >= 0.6 is 0 Å². The van der Waals surface area contributed by atoms with Crippen LogP contribution < -0.4 is 16.0 Å². The largest absolute Gasteiger partial charge is 0.390 e. The van der Waals surface area contributed by atoms with Gasteiger partial charge in [-0.25, -0.2) is 0 Å². The number of nitrogens with one attached hydrogen (secondary N) is 3. The summed E-state index contributed by atoms with van der Waals surface area (Å²) in [5, 5.41) is 54.3. The molecule has 1 aromatic carbocycles. The molecule has 2 aliphatic heterocycles. The second kappa shape index (κ2) is 10.3. The average molecular weight is 496 g/mol. The molecule has 0 bridgehead atoms. The molecule has 10 heteroatoms. The highest BCUT2D eigenvalue weighted by molar-refractivity contribution is 5.30. The van der Waals surface area contributed by atoms with Crippen LogP contribution in [0.1, 0.15) is 30.0 Å². The van der Waals surface area contributed by atoms with Gasteiger partial charge in [0.1, 0.15) is 23.9 Å². The van der Waals surface area contributed by atoms with Crippen molar-refractivity contribution in [1.82, 2.24) is 16.0 Å². The first kappa shape index (κ1) is 26.9. The van der Waals surface area contributed by atoms with Crippen molar-refractivity contribution in [3.8, 4) is 0 Å². The molecule has 4 rings (SSSR count). The summed E-state index contributed by atoms with van der Waals surface area (Å²) in [6, 6.07) is 5.01. The van der Waals surface area contributed by atoms with Crippen molar-refractivity contribution in [1.29, 1.82) is 0 Å². The Morgan fingerprint density at radius 3 is 2.34 bits per heavy atom. The van der Waals surface area contributed by atoms with E-state index in [1.165, 1.54) is 16.7 Å². The predicted molar refractivity (Wildman–Crippen MR) is 129 cm³/mol. The number of aliphatic hydroxyl groups is 4. The first-order chi connectivity index (χ1) is 16.5. The molecule has 2 saturated heterocycles. The average Bonchev–Trinajstić information content (AvgIpc) is 2.80. The number of ether oxygens (including phenoxy) is 3. The van der Waals surface area contributed by atoms with Crippen molar-refractivity contribution in [2.45, 2.75) is 93.9 Å². The lowest BCUT2D eigenvalue weighted by Crippen LogP contribution is -2.81. The van der Waals surface area contributed by atoms with E-state index in [2.05, 4.69) is 48.0 Å². The van der Waals surface area contributed by atoms with Gasteiger partial charge in [0.2, 0.25) is 12.1 Å². The number of rotatable bonds is 7. The summed E-state index contributed by atoms with van der Waals surface area (Å²) in [6.07, 6.45) is -4.78. The minimum atomic E-state index is -2.20. The fourth-order valence-corrected chi connectivity index (χ4v) is 5.72. The molecule has 3 aliphatic rings. The molecule has 10 atom stereocenters. The zero-order chi connectivity index (χ0) is 25.5. The molecule has 3 fully saturated rings. The van der Waals surface area contributed by atoms with Gasteiger partial charge in [-0.15, -0.1) is 0 Å². The SMILES string of the molecule is CN[C@@H]1[C@H](O)[C@H](NC)[C@H]2O[C@]3(O)[C@H](O[C@@H]2[C@H]1O)O[C@H](C)C[C@@]3(O)CNCCc1ccc(C)c(C)c1. The van der Waals surface area contributed by atoms with E-state index in [0.717, 1.165) is 6.42 Å². The minimum absolute atomic E-state index is 0.0494. The Labute approximate surface area is 207 Å². The van der Waals surface area contributed by atoms with E-state index in [-0.39, 0.29) is 13.0 Å². The Bertz CT molecular complexity index is 891. The number of aryl methyl sites for hydroxylation is 2. The Balaban J connectivity index is 1.50. The normalized spacial score (nSPS) is 43.5. The van der Waals surface area contributed by atoms with Gasteiger partial charge < -0.3 is 50.6 Å². The van der Waals surface area contributed by atoms with E-state index in [4.69, 9.17) is 14.2 Å². The monoisotopic (exact) mass is 495 g/mol. The lowest BCUT2D eigenvalue weighted by Gasteiger charge is -2.60. The highest BCUT2D eigenvalue weighted by atomic mass is 16.8. The summed E-state index contributed by atoms with van der Waals surface area (Å²) in [5.41, 5.74) is 1.94. The van der Waals surface area contributed by atoms with Crippen LogP contribution in [-0.2, 0) is 20.6 Å². The number of hydrogen-bond donors (Lipinski definition) is 7. The molecule has 0 amide bonds. The van der Waals surface area contributed by atoms with Gasteiger partial charge in [0.05, 0.1) is 24.3 Å². The third-order valence-corrected chi connectivity index (χ3v) is 7.93. The zero-order valence-electron chi connectivity index (χ0n) is 21.2. The molecule has 2 heterocycles. The number of fused-ring (bicyclic) bond motifs is 2. The molecular weight excluding hydrogens is 454 g/mol. The van der Waals surface area contributed by atoms with E-state index in [0.29, 0.717) is 6.54 Å². The molecule has 1 aliphatic carbocycles. The summed E-state index contributed by atoms with van der Waals surface area (Å²) in [7, 11) is 3.31. The van der Waals surface area contributed by atoms with E-state index in [9.17, 15) is 20.4 Å². The van der Waals surface area contributed by atoms with Crippen molar-refractivity contribution in [3.63, 3.8) is 0 Å². The Morgan fingerprint density at radius 2 is 1.69 bits per heavy atom. The smallest absolute Gasteiger partial charge is 0.249 e. The van der Waals surface area contributed by atoms with Gasteiger partial charge in [-0.1, -0.05) is 18.2 Å². The highest BCUT2D eigenvalue weighted by Gasteiger charge is 2.68. The predicted octanol–water partition coefficient (Wildman–Crippen LogP) is -1.31. The Hall–Kier alpha value is -1.18. The van der Waals surface area contributed by atoms with Crippen molar-refractivity contribution in [2.24, 2.45) is 0 Å². The van der Waals surface area contributed by atoms with Gasteiger partial charge >= 0.3 is 0 Å².